The first-order valence-electron chi connectivity index (χ1n) is 17.1. The Labute approximate surface area is 315 Å². The Kier molecular flexibility index (Phi) is 19.1. The van der Waals surface area contributed by atoms with Crippen LogP contribution in [0.15, 0.2) is 49.6 Å². The number of rotatable bonds is 12. The van der Waals surface area contributed by atoms with E-state index >= 15 is 0 Å². The lowest BCUT2D eigenvalue weighted by Gasteiger charge is -2.23. The molecule has 0 spiro atoms. The lowest BCUT2D eigenvalue weighted by Crippen LogP contribution is -2.30. The summed E-state index contributed by atoms with van der Waals surface area (Å²) in [5, 5.41) is 0. The molecule has 0 amide bonds. The molecule has 16 nitrogen and oxygen atoms in total. The third kappa shape index (κ3) is 17.5. The molecule has 300 valence electrons. The summed E-state index contributed by atoms with van der Waals surface area (Å²) in [6.45, 7) is 24.7. The van der Waals surface area contributed by atoms with E-state index in [1.54, 1.807) is 13.8 Å². The zero-order valence-corrected chi connectivity index (χ0v) is 31.9. The van der Waals surface area contributed by atoms with Crippen LogP contribution in [0, 0.1) is 10.8 Å². The van der Waals surface area contributed by atoms with Crippen LogP contribution in [-0.4, -0.2) is 98.6 Å². The van der Waals surface area contributed by atoms with E-state index < -0.39 is 23.9 Å². The molecule has 4 unspecified atom stereocenters. The van der Waals surface area contributed by atoms with Gasteiger partial charge in [-0.3, -0.25) is 19.2 Å². The highest BCUT2D eigenvalue weighted by atomic mass is 16.6. The van der Waals surface area contributed by atoms with Crippen molar-refractivity contribution in [1.82, 2.24) is 0 Å². The van der Waals surface area contributed by atoms with Crippen molar-refractivity contribution in [3.63, 3.8) is 0 Å². The van der Waals surface area contributed by atoms with E-state index in [0.717, 1.165) is 12.2 Å². The Hall–Kier alpha value is -5.28. The highest BCUT2D eigenvalue weighted by molar-refractivity contribution is 5.87. The van der Waals surface area contributed by atoms with Crippen LogP contribution >= 0.6 is 0 Å². The van der Waals surface area contributed by atoms with Crippen LogP contribution in [0.5, 0.6) is 0 Å². The number of carbonyl (C=O) groups excluding carboxylic acids is 8. The monoisotopic (exact) mass is 764 g/mol. The molecule has 4 saturated heterocycles. The van der Waals surface area contributed by atoms with Crippen LogP contribution in [-0.2, 0) is 76.3 Å². The molecule has 16 heteroatoms. The highest BCUT2D eigenvalue weighted by Crippen LogP contribution is 2.35. The summed E-state index contributed by atoms with van der Waals surface area (Å²) in [5.74, 6) is -2.81. The molecule has 0 aromatic heterocycles. The summed E-state index contributed by atoms with van der Waals surface area (Å²) in [6, 6.07) is 0. The van der Waals surface area contributed by atoms with E-state index in [4.69, 9.17) is 33.2 Å². The third-order valence-corrected chi connectivity index (χ3v) is 8.01. The van der Waals surface area contributed by atoms with Gasteiger partial charge in [-0.2, -0.15) is 0 Å². The zero-order valence-electron chi connectivity index (χ0n) is 31.9. The minimum absolute atomic E-state index is 0.101. The maximum absolute atomic E-state index is 11.1. The molecular weight excluding hydrogens is 712 g/mol. The SMILES string of the molecule is C=C(C)C(=O)OCC1CCC(=O)O1.C=C(C)C(=O)OCC1OC(=O)CC1(C)C.C=CC(=O)OCC1CCC(=O)O1.C=CC(=O)OCC1OC(=O)CC1(C)C. The molecule has 0 aliphatic carbocycles. The predicted octanol–water partition coefficient (Wildman–Crippen LogP) is 3.74. The van der Waals surface area contributed by atoms with Crippen molar-refractivity contribution in [3.8, 4) is 0 Å². The van der Waals surface area contributed by atoms with Gasteiger partial charge in [0.15, 0.2) is 0 Å². The van der Waals surface area contributed by atoms with Gasteiger partial charge in [-0.15, -0.1) is 0 Å². The van der Waals surface area contributed by atoms with Gasteiger partial charge in [-0.1, -0.05) is 54.0 Å². The highest BCUT2D eigenvalue weighted by Gasteiger charge is 2.43. The smallest absolute Gasteiger partial charge is 0.333 e. The third-order valence-electron chi connectivity index (χ3n) is 8.01. The van der Waals surface area contributed by atoms with Gasteiger partial charge >= 0.3 is 47.8 Å². The van der Waals surface area contributed by atoms with Gasteiger partial charge in [-0.25, -0.2) is 19.2 Å². The number of hydrogen-bond acceptors (Lipinski definition) is 16. The topological polar surface area (TPSA) is 210 Å². The Balaban J connectivity index is 0.000000361. The Morgan fingerprint density at radius 1 is 0.593 bits per heavy atom. The minimum Gasteiger partial charge on any atom is -0.459 e. The molecule has 0 saturated carbocycles. The van der Waals surface area contributed by atoms with Crippen LogP contribution in [0.1, 0.15) is 80.1 Å². The van der Waals surface area contributed by atoms with Gasteiger partial charge in [-0.05, 0) is 26.7 Å². The summed E-state index contributed by atoms with van der Waals surface area (Å²) in [4.78, 5) is 86.7. The van der Waals surface area contributed by atoms with E-state index in [1.807, 2.05) is 27.7 Å². The molecule has 0 radical (unpaired) electrons. The molecule has 4 aliphatic heterocycles. The van der Waals surface area contributed by atoms with Crippen molar-refractivity contribution < 1.29 is 76.3 Å². The predicted molar refractivity (Wildman–Crippen MR) is 189 cm³/mol. The average molecular weight is 765 g/mol. The van der Waals surface area contributed by atoms with Gasteiger partial charge in [0.2, 0.25) is 0 Å². The molecule has 4 rings (SSSR count). The quantitative estimate of drug-likeness (QED) is 0.157. The fraction of sp³-hybridized carbons (Fsp3) is 0.579. The Morgan fingerprint density at radius 3 is 1.22 bits per heavy atom. The van der Waals surface area contributed by atoms with E-state index in [2.05, 4.69) is 31.1 Å². The van der Waals surface area contributed by atoms with Crippen LogP contribution < -0.4 is 0 Å². The maximum Gasteiger partial charge on any atom is 0.333 e. The van der Waals surface area contributed by atoms with Crippen LogP contribution in [0.2, 0.25) is 0 Å². The van der Waals surface area contributed by atoms with Crippen molar-refractivity contribution in [2.45, 2.75) is 104 Å². The first-order chi connectivity index (χ1) is 25.1. The summed E-state index contributed by atoms with van der Waals surface area (Å²) in [6.07, 6.45) is 3.74. The van der Waals surface area contributed by atoms with Crippen molar-refractivity contribution in [2.24, 2.45) is 10.8 Å². The van der Waals surface area contributed by atoms with Crippen LogP contribution in [0.3, 0.4) is 0 Å². The lowest BCUT2D eigenvalue weighted by molar-refractivity contribution is -0.151. The van der Waals surface area contributed by atoms with Crippen molar-refractivity contribution in [2.75, 3.05) is 26.4 Å². The second-order valence-electron chi connectivity index (χ2n) is 14.0. The molecule has 0 bridgehead atoms. The first-order valence-corrected chi connectivity index (χ1v) is 17.1. The minimum atomic E-state index is -0.497. The number of cyclic esters (lactones) is 4. The summed E-state index contributed by atoms with van der Waals surface area (Å²) >= 11 is 0. The van der Waals surface area contributed by atoms with Crippen LogP contribution in [0.25, 0.3) is 0 Å². The molecule has 0 N–H and O–H groups in total. The van der Waals surface area contributed by atoms with Gasteiger partial charge in [0.1, 0.15) is 50.8 Å². The molecule has 54 heavy (non-hydrogen) atoms. The molecule has 4 fully saturated rings. The van der Waals surface area contributed by atoms with Gasteiger partial charge < -0.3 is 37.9 Å². The van der Waals surface area contributed by atoms with Gasteiger partial charge in [0.25, 0.3) is 0 Å². The number of esters is 8. The van der Waals surface area contributed by atoms with E-state index in [0.29, 0.717) is 49.7 Å². The molecule has 4 heterocycles. The number of ether oxygens (including phenoxy) is 8. The molecule has 0 aromatic rings. The molecule has 4 aliphatic rings. The average Bonchev–Trinajstić information content (AvgIpc) is 3.84. The van der Waals surface area contributed by atoms with E-state index in [9.17, 15) is 38.4 Å². The van der Waals surface area contributed by atoms with Crippen LogP contribution in [0.4, 0.5) is 0 Å². The number of carbonyl (C=O) groups is 8. The largest absolute Gasteiger partial charge is 0.459 e. The Bertz CT molecular complexity index is 1450. The summed E-state index contributed by atoms with van der Waals surface area (Å²) in [5.41, 5.74) is 0.159. The first kappa shape index (κ1) is 46.7. The molecule has 4 atom stereocenters. The lowest BCUT2D eigenvalue weighted by atomic mass is 9.86. The molecular formula is C38H52O16. The van der Waals surface area contributed by atoms with Crippen molar-refractivity contribution in [3.05, 3.63) is 49.6 Å². The zero-order chi connectivity index (χ0) is 41.2. The number of hydrogen-bond donors (Lipinski definition) is 0. The second kappa shape index (κ2) is 22.1. The summed E-state index contributed by atoms with van der Waals surface area (Å²) in [7, 11) is 0. The van der Waals surface area contributed by atoms with E-state index in [-0.39, 0.29) is 85.6 Å². The van der Waals surface area contributed by atoms with E-state index in [1.165, 1.54) is 0 Å². The Morgan fingerprint density at radius 2 is 0.926 bits per heavy atom. The maximum atomic E-state index is 11.1. The van der Waals surface area contributed by atoms with Gasteiger partial charge in [0.05, 0.1) is 12.8 Å². The second-order valence-corrected chi connectivity index (χ2v) is 14.0. The van der Waals surface area contributed by atoms with Crippen molar-refractivity contribution in [1.29, 1.82) is 0 Å². The fourth-order valence-electron chi connectivity index (χ4n) is 4.63. The standard InChI is InChI=1S/C11H16O4.C10H14O4.C9H12O4.C8H10O4/c1-7(2)10(13)14-6-8-11(3,4)5-9(12)15-8;1-4-8(11)13-6-7-10(2,3)5-9(12)14-7;1-6(2)9(11)12-5-7-3-4-8(10)13-7;1-2-7(9)11-5-6-3-4-8(10)12-6/h8H,1,5-6H2,2-4H3;4,7H,1,5-6H2,2-3H3;7H,1,3-5H2,2H3;2,6H,1,3-5H2. The molecule has 0 aromatic carbocycles. The van der Waals surface area contributed by atoms with Crippen molar-refractivity contribution >= 4 is 47.8 Å². The summed E-state index contributed by atoms with van der Waals surface area (Å²) < 4.78 is 39.0. The fourth-order valence-corrected chi connectivity index (χ4v) is 4.63. The normalized spacial score (nSPS) is 22.6. The van der Waals surface area contributed by atoms with Gasteiger partial charge in [0, 0.05) is 47.0 Å².